The normalized spacial score (nSPS) is 11.2. The highest BCUT2D eigenvalue weighted by molar-refractivity contribution is 6.17. The van der Waals surface area contributed by atoms with Crippen LogP contribution in [0.5, 0.6) is 0 Å². The topological polar surface area (TPSA) is 47.9 Å². The van der Waals surface area contributed by atoms with Crippen LogP contribution in [0.3, 0.4) is 0 Å². The lowest BCUT2D eigenvalue weighted by atomic mass is 9.96. The number of hydrogen-bond donors (Lipinski definition) is 0. The predicted octanol–water partition coefficient (Wildman–Crippen LogP) is 3.32. The number of oxime groups is 1. The first kappa shape index (κ1) is 15.7. The van der Waals surface area contributed by atoms with Crippen molar-refractivity contribution in [1.82, 2.24) is 0 Å². The summed E-state index contributed by atoms with van der Waals surface area (Å²) >= 11 is 0. The molecule has 0 atom stereocenters. The minimum atomic E-state index is -0.468. The fraction of sp³-hybridized carbons (Fsp3) is 0.176. The number of methoxy groups -OCH3 is 1. The van der Waals surface area contributed by atoms with E-state index in [4.69, 9.17) is 9.57 Å². The number of aryl methyl sites for hydroxylation is 1. The Hall–Kier alpha value is -2.69. The number of ether oxygens (including phenoxy) is 1. The third kappa shape index (κ3) is 3.31. The lowest BCUT2D eigenvalue weighted by Crippen LogP contribution is -2.13. The maximum absolute atomic E-state index is 13.1. The molecule has 0 bridgehead atoms. The number of carbonyl (C=O) groups is 1. The van der Waals surface area contributed by atoms with Crippen LogP contribution in [0.15, 0.2) is 47.6 Å². The molecule has 5 heteroatoms. The van der Waals surface area contributed by atoms with E-state index in [-0.39, 0.29) is 5.82 Å². The number of rotatable bonds is 4. The van der Waals surface area contributed by atoms with E-state index in [1.165, 1.54) is 26.4 Å². The van der Waals surface area contributed by atoms with E-state index in [1.807, 2.05) is 13.0 Å². The molecule has 0 spiro atoms. The Morgan fingerprint density at radius 1 is 1.05 bits per heavy atom. The van der Waals surface area contributed by atoms with Crippen molar-refractivity contribution in [1.29, 1.82) is 0 Å². The van der Waals surface area contributed by atoms with Crippen LogP contribution in [-0.2, 0) is 9.57 Å². The summed E-state index contributed by atoms with van der Waals surface area (Å²) in [5.74, 6) is -0.817. The third-order valence-electron chi connectivity index (χ3n) is 3.14. The molecule has 0 N–H and O–H groups in total. The van der Waals surface area contributed by atoms with Gasteiger partial charge in [-0.15, -0.1) is 0 Å². The Bertz CT molecular complexity index is 708. The van der Waals surface area contributed by atoms with Gasteiger partial charge < -0.3 is 9.57 Å². The van der Waals surface area contributed by atoms with Crippen LogP contribution in [0.2, 0.25) is 0 Å². The van der Waals surface area contributed by atoms with Gasteiger partial charge in [0, 0.05) is 11.1 Å². The van der Waals surface area contributed by atoms with E-state index in [1.54, 1.807) is 24.3 Å². The molecule has 2 rings (SSSR count). The highest BCUT2D eigenvalue weighted by Gasteiger charge is 2.18. The van der Waals surface area contributed by atoms with Crippen molar-refractivity contribution >= 4 is 11.7 Å². The van der Waals surface area contributed by atoms with Gasteiger partial charge in [0.2, 0.25) is 0 Å². The zero-order valence-corrected chi connectivity index (χ0v) is 12.6. The quantitative estimate of drug-likeness (QED) is 0.494. The number of hydrogen-bond acceptors (Lipinski definition) is 4. The molecule has 0 fully saturated rings. The van der Waals surface area contributed by atoms with Crippen molar-refractivity contribution in [3.8, 4) is 0 Å². The molecule has 2 aromatic carbocycles. The highest BCUT2D eigenvalue weighted by Crippen LogP contribution is 2.19. The average molecular weight is 301 g/mol. The number of benzene rings is 2. The molecule has 0 radical (unpaired) electrons. The number of esters is 1. The molecule has 0 amide bonds. The fourth-order valence-corrected chi connectivity index (χ4v) is 2.10. The predicted molar refractivity (Wildman–Crippen MR) is 81.6 cm³/mol. The Kier molecular flexibility index (Phi) is 4.88. The molecule has 0 aliphatic carbocycles. The number of carbonyl (C=O) groups excluding carboxylic acids is 1. The molecule has 0 saturated heterocycles. The highest BCUT2D eigenvalue weighted by atomic mass is 19.1. The lowest BCUT2D eigenvalue weighted by Gasteiger charge is -2.11. The molecule has 0 aliphatic rings. The summed E-state index contributed by atoms with van der Waals surface area (Å²) in [6.07, 6.45) is 0. The molecule has 4 nitrogen and oxygen atoms in total. The zero-order valence-electron chi connectivity index (χ0n) is 12.6. The van der Waals surface area contributed by atoms with Gasteiger partial charge in [-0.2, -0.15) is 0 Å². The van der Waals surface area contributed by atoms with Gasteiger partial charge in [0.05, 0.1) is 12.7 Å². The summed E-state index contributed by atoms with van der Waals surface area (Å²) in [6, 6.07) is 11.1. The lowest BCUT2D eigenvalue weighted by molar-refractivity contribution is 0.0600. The van der Waals surface area contributed by atoms with E-state index >= 15 is 0 Å². The Morgan fingerprint density at radius 2 is 1.73 bits per heavy atom. The van der Waals surface area contributed by atoms with Crippen LogP contribution in [0.25, 0.3) is 0 Å². The summed E-state index contributed by atoms with van der Waals surface area (Å²) in [5.41, 5.74) is 2.92. The first-order chi connectivity index (χ1) is 10.6. The van der Waals surface area contributed by atoms with Crippen molar-refractivity contribution < 1.29 is 18.8 Å². The van der Waals surface area contributed by atoms with Crippen molar-refractivity contribution in [3.63, 3.8) is 0 Å². The van der Waals surface area contributed by atoms with Crippen LogP contribution in [0.1, 0.15) is 27.0 Å². The van der Waals surface area contributed by atoms with Gasteiger partial charge in [-0.25, -0.2) is 9.18 Å². The molecule has 0 aromatic heterocycles. The minimum absolute atomic E-state index is 0.349. The maximum atomic E-state index is 13.1. The van der Waals surface area contributed by atoms with Gasteiger partial charge in [0.15, 0.2) is 0 Å². The SMILES string of the molecule is CO/N=C(\c1ccc(F)cc1)c1ccc(C)cc1C(=O)OC. The maximum Gasteiger partial charge on any atom is 0.338 e. The van der Waals surface area contributed by atoms with Crippen LogP contribution in [0.4, 0.5) is 4.39 Å². The van der Waals surface area contributed by atoms with Crippen LogP contribution >= 0.6 is 0 Å². The second-order valence-electron chi connectivity index (χ2n) is 4.67. The minimum Gasteiger partial charge on any atom is -0.465 e. The summed E-state index contributed by atoms with van der Waals surface area (Å²) < 4.78 is 17.9. The summed E-state index contributed by atoms with van der Waals surface area (Å²) in [7, 11) is 2.73. The molecule has 114 valence electrons. The molecular formula is C17H16FNO3. The second-order valence-corrected chi connectivity index (χ2v) is 4.67. The van der Waals surface area contributed by atoms with Crippen molar-refractivity contribution in [2.24, 2.45) is 5.16 Å². The summed E-state index contributed by atoms with van der Waals surface area (Å²) in [5, 5.41) is 3.99. The largest absolute Gasteiger partial charge is 0.465 e. The average Bonchev–Trinajstić information content (AvgIpc) is 2.53. The van der Waals surface area contributed by atoms with Gasteiger partial charge in [0.25, 0.3) is 0 Å². The smallest absolute Gasteiger partial charge is 0.338 e. The molecule has 0 heterocycles. The number of nitrogens with zero attached hydrogens (tertiary/aromatic N) is 1. The van der Waals surface area contributed by atoms with E-state index < -0.39 is 5.97 Å². The Balaban J connectivity index is 2.61. The molecule has 22 heavy (non-hydrogen) atoms. The van der Waals surface area contributed by atoms with Gasteiger partial charge in [0.1, 0.15) is 18.6 Å². The second kappa shape index (κ2) is 6.85. The van der Waals surface area contributed by atoms with Gasteiger partial charge in [-0.05, 0) is 37.3 Å². The van der Waals surface area contributed by atoms with Crippen molar-refractivity contribution in [2.45, 2.75) is 6.92 Å². The Labute approximate surface area is 128 Å². The monoisotopic (exact) mass is 301 g/mol. The van der Waals surface area contributed by atoms with Gasteiger partial charge in [-0.1, -0.05) is 22.9 Å². The fourth-order valence-electron chi connectivity index (χ4n) is 2.10. The van der Waals surface area contributed by atoms with E-state index in [0.29, 0.717) is 22.4 Å². The first-order valence-electron chi connectivity index (χ1n) is 6.63. The molecular weight excluding hydrogens is 285 g/mol. The van der Waals surface area contributed by atoms with Gasteiger partial charge >= 0.3 is 5.97 Å². The van der Waals surface area contributed by atoms with Crippen LogP contribution in [-0.4, -0.2) is 25.9 Å². The van der Waals surface area contributed by atoms with E-state index in [9.17, 15) is 9.18 Å². The molecule has 0 aliphatic heterocycles. The van der Waals surface area contributed by atoms with Gasteiger partial charge in [-0.3, -0.25) is 0 Å². The molecule has 0 saturated carbocycles. The summed E-state index contributed by atoms with van der Waals surface area (Å²) in [4.78, 5) is 16.9. The summed E-state index contributed by atoms with van der Waals surface area (Å²) in [6.45, 7) is 1.88. The van der Waals surface area contributed by atoms with Crippen LogP contribution in [0, 0.1) is 12.7 Å². The van der Waals surface area contributed by atoms with Crippen molar-refractivity contribution in [2.75, 3.05) is 14.2 Å². The first-order valence-corrected chi connectivity index (χ1v) is 6.63. The zero-order chi connectivity index (χ0) is 16.1. The molecule has 0 unspecified atom stereocenters. The van der Waals surface area contributed by atoms with Crippen LogP contribution < -0.4 is 0 Å². The van der Waals surface area contributed by atoms with E-state index in [0.717, 1.165) is 5.56 Å². The van der Waals surface area contributed by atoms with E-state index in [2.05, 4.69) is 5.16 Å². The standard InChI is InChI=1S/C17H16FNO3/c1-11-4-9-14(15(10-11)17(20)21-2)16(19-22-3)12-5-7-13(18)8-6-12/h4-10H,1-3H3/b19-16+. The number of halogens is 1. The third-order valence-corrected chi connectivity index (χ3v) is 3.14. The molecule has 2 aromatic rings. The van der Waals surface area contributed by atoms with Crippen molar-refractivity contribution in [3.05, 3.63) is 70.5 Å². The Morgan fingerprint density at radius 3 is 2.32 bits per heavy atom.